The van der Waals surface area contributed by atoms with E-state index in [1.54, 1.807) is 19.2 Å². The summed E-state index contributed by atoms with van der Waals surface area (Å²) in [7, 11) is -2.20. The average molecular weight is 489 g/mol. The first-order valence-corrected chi connectivity index (χ1v) is 12.7. The molecule has 0 unspecified atom stereocenters. The van der Waals surface area contributed by atoms with Gasteiger partial charge in [-0.05, 0) is 48.9 Å². The summed E-state index contributed by atoms with van der Waals surface area (Å²) in [6.07, 6.45) is 0.606. The second-order valence-electron chi connectivity index (χ2n) is 8.22. The molecule has 2 heterocycles. The summed E-state index contributed by atoms with van der Waals surface area (Å²) < 4.78 is 39.9. The van der Waals surface area contributed by atoms with Gasteiger partial charge in [-0.1, -0.05) is 24.3 Å². The zero-order chi connectivity index (χ0) is 24.4. The number of sulfonamides is 1. The van der Waals surface area contributed by atoms with Crippen LogP contribution in [0.15, 0.2) is 76.6 Å². The van der Waals surface area contributed by atoms with E-state index < -0.39 is 10.0 Å². The molecule has 0 N–H and O–H groups in total. The van der Waals surface area contributed by atoms with Gasteiger partial charge in [-0.15, -0.1) is 0 Å². The molecule has 0 atom stereocenters. The third-order valence-electron chi connectivity index (χ3n) is 6.12. The largest absolute Gasteiger partial charge is 0.497 e. The fourth-order valence-corrected chi connectivity index (χ4v) is 5.95. The van der Waals surface area contributed by atoms with E-state index in [-0.39, 0.29) is 17.0 Å². The molecule has 0 bridgehead atoms. The summed E-state index contributed by atoms with van der Waals surface area (Å²) in [4.78, 5) is 7.08. The van der Waals surface area contributed by atoms with Gasteiger partial charge in [0.25, 0.3) is 0 Å². The molecule has 8 nitrogen and oxygen atoms in total. The summed E-state index contributed by atoms with van der Waals surface area (Å²) >= 11 is 0. The summed E-state index contributed by atoms with van der Waals surface area (Å²) in [6.45, 7) is 1.67. The van der Waals surface area contributed by atoms with Gasteiger partial charge in [0.15, 0.2) is 5.75 Å². The first-order chi connectivity index (χ1) is 17.0. The van der Waals surface area contributed by atoms with E-state index in [9.17, 15) is 13.7 Å². The van der Waals surface area contributed by atoms with Crippen molar-refractivity contribution in [3.8, 4) is 23.3 Å². The van der Waals surface area contributed by atoms with Crippen LogP contribution in [0.5, 0.6) is 17.2 Å². The van der Waals surface area contributed by atoms with E-state index in [2.05, 4.69) is 4.90 Å². The van der Waals surface area contributed by atoms with E-state index >= 15 is 0 Å². The zero-order valence-corrected chi connectivity index (χ0v) is 20.0. The second-order valence-corrected chi connectivity index (χ2v) is 10.1. The van der Waals surface area contributed by atoms with Gasteiger partial charge in [-0.25, -0.2) is 13.4 Å². The quantitative estimate of drug-likeness (QED) is 0.550. The molecular weight excluding hydrogens is 464 g/mol. The van der Waals surface area contributed by atoms with Crippen molar-refractivity contribution in [3.63, 3.8) is 0 Å². The molecule has 2 aliphatic rings. The fourth-order valence-electron chi connectivity index (χ4n) is 4.34. The highest BCUT2D eigenvalue weighted by Gasteiger charge is 2.31. The number of fused-ring (bicyclic) bond motifs is 2. The molecule has 0 radical (unpaired) electrons. The van der Waals surface area contributed by atoms with Crippen molar-refractivity contribution in [2.75, 3.05) is 33.3 Å². The number of benzene rings is 3. The first kappa shape index (κ1) is 22.9. The van der Waals surface area contributed by atoms with Crippen LogP contribution >= 0.6 is 0 Å². The van der Waals surface area contributed by atoms with Crippen LogP contribution in [0.2, 0.25) is 0 Å². The van der Waals surface area contributed by atoms with Crippen LogP contribution in [0.3, 0.4) is 0 Å². The molecule has 0 amide bonds. The highest BCUT2D eigenvalue weighted by Crippen LogP contribution is 2.39. The Labute approximate surface area is 204 Å². The number of amidine groups is 1. The third kappa shape index (κ3) is 4.34. The van der Waals surface area contributed by atoms with Crippen LogP contribution in [0.25, 0.3) is 0 Å². The highest BCUT2D eigenvalue weighted by atomic mass is 32.2. The molecule has 2 aliphatic heterocycles. The molecule has 0 aliphatic carbocycles. The number of rotatable bonds is 3. The van der Waals surface area contributed by atoms with Gasteiger partial charge in [-0.3, -0.25) is 0 Å². The van der Waals surface area contributed by atoms with E-state index in [4.69, 9.17) is 14.5 Å². The fraction of sp³-hybridized carbons (Fsp3) is 0.231. The summed E-state index contributed by atoms with van der Waals surface area (Å²) in [5.41, 5.74) is 1.64. The van der Waals surface area contributed by atoms with Crippen molar-refractivity contribution in [1.82, 2.24) is 9.21 Å². The maximum Gasteiger partial charge on any atom is 0.244 e. The number of nitrogens with zero attached hydrogens (tertiary/aromatic N) is 4. The Bertz CT molecular complexity index is 1450. The minimum atomic E-state index is -3.81. The van der Waals surface area contributed by atoms with Crippen molar-refractivity contribution < 1.29 is 17.9 Å². The second kappa shape index (κ2) is 9.41. The zero-order valence-electron chi connectivity index (χ0n) is 19.2. The van der Waals surface area contributed by atoms with Crippen molar-refractivity contribution in [3.05, 3.63) is 77.9 Å². The molecule has 9 heteroatoms. The monoisotopic (exact) mass is 488 g/mol. The molecule has 0 aromatic heterocycles. The van der Waals surface area contributed by atoms with Crippen LogP contribution in [-0.4, -0.2) is 56.7 Å². The molecule has 1 fully saturated rings. The van der Waals surface area contributed by atoms with Crippen LogP contribution in [0, 0.1) is 11.3 Å². The van der Waals surface area contributed by atoms with E-state index in [0.29, 0.717) is 54.8 Å². The van der Waals surface area contributed by atoms with Gasteiger partial charge in [0.1, 0.15) is 29.1 Å². The van der Waals surface area contributed by atoms with Crippen molar-refractivity contribution in [2.24, 2.45) is 4.99 Å². The minimum Gasteiger partial charge on any atom is -0.497 e. The highest BCUT2D eigenvalue weighted by molar-refractivity contribution is 7.89. The van der Waals surface area contributed by atoms with Gasteiger partial charge in [0, 0.05) is 26.2 Å². The van der Waals surface area contributed by atoms with Crippen LogP contribution in [-0.2, 0) is 10.0 Å². The summed E-state index contributed by atoms with van der Waals surface area (Å²) in [5, 5.41) is 9.41. The van der Waals surface area contributed by atoms with Gasteiger partial charge >= 0.3 is 0 Å². The Balaban J connectivity index is 1.49. The molecule has 0 saturated carbocycles. The summed E-state index contributed by atoms with van der Waals surface area (Å²) in [5.74, 6) is 2.70. The van der Waals surface area contributed by atoms with Crippen LogP contribution in [0.1, 0.15) is 17.5 Å². The summed E-state index contributed by atoms with van der Waals surface area (Å²) in [6, 6.07) is 21.5. The number of hydrogen-bond donors (Lipinski definition) is 0. The Morgan fingerprint density at radius 1 is 0.971 bits per heavy atom. The van der Waals surface area contributed by atoms with E-state index in [1.807, 2.05) is 48.5 Å². The number of nitriles is 1. The number of ether oxygens (including phenoxy) is 2. The van der Waals surface area contributed by atoms with Crippen molar-refractivity contribution in [1.29, 1.82) is 5.26 Å². The van der Waals surface area contributed by atoms with Crippen molar-refractivity contribution >= 4 is 21.5 Å². The van der Waals surface area contributed by atoms with Gasteiger partial charge in [0.05, 0.1) is 23.1 Å². The van der Waals surface area contributed by atoms with Gasteiger partial charge < -0.3 is 14.4 Å². The van der Waals surface area contributed by atoms with E-state index in [0.717, 1.165) is 5.56 Å². The minimum absolute atomic E-state index is 0.0418. The molecule has 5 rings (SSSR count). The number of hydrogen-bond acceptors (Lipinski definition) is 7. The molecular formula is C26H24N4O4S. The normalized spacial score (nSPS) is 16.0. The Morgan fingerprint density at radius 3 is 2.60 bits per heavy atom. The average Bonchev–Trinajstić information content (AvgIpc) is 3.23. The van der Waals surface area contributed by atoms with Gasteiger partial charge in [0.2, 0.25) is 10.0 Å². The smallest absolute Gasteiger partial charge is 0.244 e. The lowest BCUT2D eigenvalue weighted by Gasteiger charge is -2.25. The Kier molecular flexibility index (Phi) is 6.16. The lowest BCUT2D eigenvalue weighted by atomic mass is 10.1. The predicted molar refractivity (Wildman–Crippen MR) is 132 cm³/mol. The molecule has 1 saturated heterocycles. The molecule has 3 aromatic rings. The lowest BCUT2D eigenvalue weighted by molar-refractivity contribution is 0.405. The maximum atomic E-state index is 13.4. The van der Waals surface area contributed by atoms with Gasteiger partial charge in [-0.2, -0.15) is 9.57 Å². The topological polar surface area (TPSA) is 95.2 Å². The molecule has 178 valence electrons. The molecule has 0 spiro atoms. The number of para-hydroxylation sites is 2. The van der Waals surface area contributed by atoms with Crippen molar-refractivity contribution in [2.45, 2.75) is 11.3 Å². The van der Waals surface area contributed by atoms with Crippen LogP contribution < -0.4 is 9.47 Å². The molecule has 3 aromatic carbocycles. The van der Waals surface area contributed by atoms with E-state index in [1.165, 1.54) is 16.4 Å². The first-order valence-electron chi connectivity index (χ1n) is 11.3. The van der Waals surface area contributed by atoms with Crippen LogP contribution in [0.4, 0.5) is 5.69 Å². The lowest BCUT2D eigenvalue weighted by Crippen LogP contribution is -2.37. The Morgan fingerprint density at radius 2 is 1.77 bits per heavy atom. The standard InChI is InChI=1S/C26H24N4O4S/c1-33-20-11-12-23-21(17-20)26(28-22-8-3-4-9-24(22)34-23)29-13-6-14-30(16-15-29)35(31,32)25-10-5-2-7-19(25)18-27/h2-5,7-12,17H,6,13-16H2,1H3. The SMILES string of the molecule is COc1ccc2c(c1)C(N1CCCN(S(=O)(=O)c3ccccc3C#N)CC1)=Nc1ccccc1O2. The predicted octanol–water partition coefficient (Wildman–Crippen LogP) is 4.15. The third-order valence-corrected chi connectivity index (χ3v) is 8.08. The number of methoxy groups -OCH3 is 1. The Hall–Kier alpha value is -3.87. The molecule has 35 heavy (non-hydrogen) atoms. The maximum absolute atomic E-state index is 13.4. The number of aliphatic imine (C=N–C) groups is 1.